The number of piperidine rings is 1. The second-order valence-corrected chi connectivity index (χ2v) is 6.39. The van der Waals surface area contributed by atoms with Crippen LogP contribution in [-0.2, 0) is 6.54 Å². The van der Waals surface area contributed by atoms with Crippen molar-refractivity contribution in [2.45, 2.75) is 46.2 Å². The monoisotopic (exact) mass is 290 g/mol. The zero-order valence-electron chi connectivity index (χ0n) is 13.8. The lowest BCUT2D eigenvalue weighted by Crippen LogP contribution is -2.40. The molecule has 1 aromatic rings. The van der Waals surface area contributed by atoms with Crippen LogP contribution < -0.4 is 10.1 Å². The zero-order chi connectivity index (χ0) is 15.1. The molecule has 0 bridgehead atoms. The van der Waals surface area contributed by atoms with Crippen LogP contribution in [0.2, 0.25) is 0 Å². The van der Waals surface area contributed by atoms with E-state index in [2.05, 4.69) is 42.3 Å². The first-order chi connectivity index (χ1) is 10.2. The fourth-order valence-corrected chi connectivity index (χ4v) is 3.02. The molecule has 0 aliphatic carbocycles. The number of rotatable bonds is 7. The van der Waals surface area contributed by atoms with Crippen molar-refractivity contribution in [1.29, 1.82) is 0 Å². The largest absolute Gasteiger partial charge is 0.494 e. The van der Waals surface area contributed by atoms with Crippen LogP contribution in [0.4, 0.5) is 0 Å². The van der Waals surface area contributed by atoms with Crippen LogP contribution in [0.15, 0.2) is 24.3 Å². The van der Waals surface area contributed by atoms with Crippen LogP contribution in [0.3, 0.4) is 0 Å². The Hall–Kier alpha value is -1.06. The van der Waals surface area contributed by atoms with Gasteiger partial charge in [-0.25, -0.2) is 0 Å². The summed E-state index contributed by atoms with van der Waals surface area (Å²) in [5.41, 5.74) is 1.36. The highest BCUT2D eigenvalue weighted by Crippen LogP contribution is 2.20. The van der Waals surface area contributed by atoms with Crippen molar-refractivity contribution in [2.75, 3.05) is 26.2 Å². The maximum Gasteiger partial charge on any atom is 0.119 e. The molecule has 2 rings (SSSR count). The lowest BCUT2D eigenvalue weighted by atomic mass is 9.97. The lowest BCUT2D eigenvalue weighted by molar-refractivity contribution is 0.163. The van der Waals surface area contributed by atoms with Crippen LogP contribution in [0.1, 0.15) is 39.2 Å². The number of likely N-dealkylation sites (tertiary alicyclic amines) is 1. The van der Waals surface area contributed by atoms with Gasteiger partial charge in [-0.15, -0.1) is 0 Å². The normalized spacial score (nSPS) is 19.9. The molecular weight excluding hydrogens is 260 g/mol. The summed E-state index contributed by atoms with van der Waals surface area (Å²) in [6.07, 6.45) is 2.67. The van der Waals surface area contributed by atoms with E-state index in [4.69, 9.17) is 4.74 Å². The van der Waals surface area contributed by atoms with Crippen molar-refractivity contribution < 1.29 is 4.74 Å². The molecule has 1 saturated heterocycles. The van der Waals surface area contributed by atoms with Crippen molar-refractivity contribution in [3.8, 4) is 5.75 Å². The Morgan fingerprint density at radius 2 is 2.24 bits per heavy atom. The third-order valence-electron chi connectivity index (χ3n) is 4.03. The van der Waals surface area contributed by atoms with E-state index in [1.54, 1.807) is 0 Å². The first-order valence-electron chi connectivity index (χ1n) is 8.35. The Morgan fingerprint density at radius 1 is 1.38 bits per heavy atom. The van der Waals surface area contributed by atoms with Gasteiger partial charge in [0, 0.05) is 19.1 Å². The number of nitrogens with one attached hydrogen (secondary N) is 1. The zero-order valence-corrected chi connectivity index (χ0v) is 13.8. The Balaban J connectivity index is 1.85. The van der Waals surface area contributed by atoms with Crippen LogP contribution >= 0.6 is 0 Å². The topological polar surface area (TPSA) is 24.5 Å². The van der Waals surface area contributed by atoms with Crippen LogP contribution in [0.5, 0.6) is 5.75 Å². The maximum atomic E-state index is 5.59. The molecule has 1 fully saturated rings. The SMILES string of the molecule is CCOc1cccc(CN2CCCC(CNC(C)C)C2)c1. The summed E-state index contributed by atoms with van der Waals surface area (Å²) in [7, 11) is 0. The maximum absolute atomic E-state index is 5.59. The lowest BCUT2D eigenvalue weighted by Gasteiger charge is -2.33. The average molecular weight is 290 g/mol. The van der Waals surface area contributed by atoms with Crippen molar-refractivity contribution in [1.82, 2.24) is 10.2 Å². The number of hydrogen-bond donors (Lipinski definition) is 1. The van der Waals surface area contributed by atoms with Crippen LogP contribution in [0, 0.1) is 5.92 Å². The molecule has 1 heterocycles. The summed E-state index contributed by atoms with van der Waals surface area (Å²) in [4.78, 5) is 2.58. The molecule has 1 aliphatic heterocycles. The number of benzene rings is 1. The molecule has 1 aromatic carbocycles. The van der Waals surface area contributed by atoms with Gasteiger partial charge in [0.05, 0.1) is 6.61 Å². The van der Waals surface area contributed by atoms with Crippen molar-refractivity contribution >= 4 is 0 Å². The molecule has 0 aromatic heterocycles. The van der Waals surface area contributed by atoms with Crippen molar-refractivity contribution in [3.05, 3.63) is 29.8 Å². The number of nitrogens with zero attached hydrogens (tertiary/aromatic N) is 1. The molecule has 1 atom stereocenters. The minimum atomic E-state index is 0.586. The molecule has 1 unspecified atom stereocenters. The van der Waals surface area contributed by atoms with E-state index in [9.17, 15) is 0 Å². The number of hydrogen-bond acceptors (Lipinski definition) is 3. The van der Waals surface area contributed by atoms with Crippen LogP contribution in [-0.4, -0.2) is 37.2 Å². The quantitative estimate of drug-likeness (QED) is 0.834. The molecule has 1 aliphatic rings. The van der Waals surface area contributed by atoms with E-state index in [0.29, 0.717) is 6.04 Å². The third kappa shape index (κ3) is 5.68. The van der Waals surface area contributed by atoms with E-state index in [-0.39, 0.29) is 0 Å². The summed E-state index contributed by atoms with van der Waals surface area (Å²) in [6.45, 7) is 11.8. The smallest absolute Gasteiger partial charge is 0.119 e. The van der Waals surface area contributed by atoms with Gasteiger partial charge in [-0.2, -0.15) is 0 Å². The van der Waals surface area contributed by atoms with Gasteiger partial charge in [0.1, 0.15) is 5.75 Å². The molecule has 21 heavy (non-hydrogen) atoms. The highest BCUT2D eigenvalue weighted by molar-refractivity contribution is 5.28. The van der Waals surface area contributed by atoms with E-state index >= 15 is 0 Å². The molecule has 1 N–H and O–H groups in total. The molecule has 3 heteroatoms. The van der Waals surface area contributed by atoms with Gasteiger partial charge >= 0.3 is 0 Å². The van der Waals surface area contributed by atoms with Gasteiger partial charge in [0.2, 0.25) is 0 Å². The molecule has 0 spiro atoms. The first kappa shape index (κ1) is 16.3. The Morgan fingerprint density at radius 3 is 3.00 bits per heavy atom. The summed E-state index contributed by atoms with van der Waals surface area (Å²) in [5.74, 6) is 1.78. The molecule has 118 valence electrons. The van der Waals surface area contributed by atoms with Crippen molar-refractivity contribution in [2.24, 2.45) is 5.92 Å². The van der Waals surface area contributed by atoms with Crippen molar-refractivity contribution in [3.63, 3.8) is 0 Å². The molecule has 3 nitrogen and oxygen atoms in total. The van der Waals surface area contributed by atoms with Gasteiger partial charge in [0.25, 0.3) is 0 Å². The van der Waals surface area contributed by atoms with E-state index in [1.165, 1.54) is 31.5 Å². The fraction of sp³-hybridized carbons (Fsp3) is 0.667. The van der Waals surface area contributed by atoms with Gasteiger partial charge in [-0.3, -0.25) is 4.90 Å². The summed E-state index contributed by atoms with van der Waals surface area (Å²) >= 11 is 0. The second-order valence-electron chi connectivity index (χ2n) is 6.39. The average Bonchev–Trinajstić information content (AvgIpc) is 2.46. The Bertz CT molecular complexity index is 419. The molecule has 0 radical (unpaired) electrons. The summed E-state index contributed by atoms with van der Waals surface area (Å²) in [5, 5.41) is 3.58. The number of ether oxygens (including phenoxy) is 1. The van der Waals surface area contributed by atoms with E-state index in [1.807, 2.05) is 13.0 Å². The molecule has 0 saturated carbocycles. The van der Waals surface area contributed by atoms with Gasteiger partial charge in [0.15, 0.2) is 0 Å². The third-order valence-corrected chi connectivity index (χ3v) is 4.03. The van der Waals surface area contributed by atoms with E-state index in [0.717, 1.165) is 31.4 Å². The highest BCUT2D eigenvalue weighted by Gasteiger charge is 2.20. The standard InChI is InChI=1S/C18H30N2O/c1-4-21-18-9-5-7-16(11-18)13-20-10-6-8-17(14-20)12-19-15(2)3/h5,7,9,11,15,17,19H,4,6,8,10,12-14H2,1-3H3. The van der Waals surface area contributed by atoms with Gasteiger partial charge < -0.3 is 10.1 Å². The Labute approximate surface area is 129 Å². The molecular formula is C18H30N2O. The summed E-state index contributed by atoms with van der Waals surface area (Å²) < 4.78 is 5.59. The highest BCUT2D eigenvalue weighted by atomic mass is 16.5. The van der Waals surface area contributed by atoms with Gasteiger partial charge in [-0.1, -0.05) is 26.0 Å². The fourth-order valence-electron chi connectivity index (χ4n) is 3.02. The predicted octanol–water partition coefficient (Wildman–Crippen LogP) is 3.30. The minimum Gasteiger partial charge on any atom is -0.494 e. The van der Waals surface area contributed by atoms with Crippen LogP contribution in [0.25, 0.3) is 0 Å². The van der Waals surface area contributed by atoms with E-state index < -0.39 is 0 Å². The Kier molecular flexibility index (Phi) is 6.52. The summed E-state index contributed by atoms with van der Waals surface area (Å²) in [6, 6.07) is 9.11. The molecule has 0 amide bonds. The van der Waals surface area contributed by atoms with Gasteiger partial charge in [-0.05, 0) is 56.5 Å². The first-order valence-corrected chi connectivity index (χ1v) is 8.35. The second kappa shape index (κ2) is 8.40. The predicted molar refractivity (Wildman–Crippen MR) is 88.8 cm³/mol. The minimum absolute atomic E-state index is 0.586.